The number of pyridine rings is 1. The Labute approximate surface area is 179 Å². The number of aromatic nitrogens is 2. The second kappa shape index (κ2) is 7.61. The molecule has 0 saturated carbocycles. The molecule has 8 nitrogen and oxygen atoms in total. The van der Waals surface area contributed by atoms with E-state index in [1.165, 1.54) is 0 Å². The van der Waals surface area contributed by atoms with Gasteiger partial charge in [0.2, 0.25) is 6.79 Å². The van der Waals surface area contributed by atoms with Crippen LogP contribution in [-0.2, 0) is 6.54 Å². The Morgan fingerprint density at radius 1 is 1.16 bits per heavy atom. The summed E-state index contributed by atoms with van der Waals surface area (Å²) in [6.45, 7) is 4.75. The molecule has 1 fully saturated rings. The van der Waals surface area contributed by atoms with Crippen LogP contribution < -0.4 is 15.0 Å². The molecule has 2 aliphatic rings. The SMILES string of the molecule is Cc1cc(C2CCCN2C(=O)c2c(C)ccn(Cc3ccc4c(c3)OCO4)c2=O)no1. The normalized spacial score (nSPS) is 17.4. The molecule has 1 aromatic carbocycles. The van der Waals surface area contributed by atoms with E-state index >= 15 is 0 Å². The highest BCUT2D eigenvalue weighted by Gasteiger charge is 2.34. The third-order valence-electron chi connectivity index (χ3n) is 5.88. The van der Waals surface area contributed by atoms with Gasteiger partial charge in [-0.15, -0.1) is 0 Å². The van der Waals surface area contributed by atoms with Crippen molar-refractivity contribution >= 4 is 5.91 Å². The number of carbonyl (C=O) groups excluding carboxylic acids is 1. The van der Waals surface area contributed by atoms with E-state index in [-0.39, 0.29) is 29.9 Å². The molecule has 3 aromatic rings. The van der Waals surface area contributed by atoms with Crippen LogP contribution in [0.15, 0.2) is 45.8 Å². The molecule has 0 radical (unpaired) electrons. The average Bonchev–Trinajstić information content (AvgIpc) is 3.49. The maximum atomic E-state index is 13.5. The van der Waals surface area contributed by atoms with Crippen LogP contribution in [0.25, 0.3) is 0 Å². The molecule has 1 atom stereocenters. The Morgan fingerprint density at radius 2 is 2.00 bits per heavy atom. The summed E-state index contributed by atoms with van der Waals surface area (Å²) in [6.07, 6.45) is 3.38. The Balaban J connectivity index is 1.45. The highest BCUT2D eigenvalue weighted by molar-refractivity contribution is 5.95. The lowest BCUT2D eigenvalue weighted by atomic mass is 10.1. The van der Waals surface area contributed by atoms with Gasteiger partial charge in [0.15, 0.2) is 11.5 Å². The van der Waals surface area contributed by atoms with Gasteiger partial charge in [-0.05, 0) is 56.0 Å². The molecule has 0 aliphatic carbocycles. The molecule has 5 rings (SSSR count). The Bertz CT molecular complexity index is 1210. The van der Waals surface area contributed by atoms with Gasteiger partial charge in [0, 0.05) is 18.8 Å². The maximum Gasteiger partial charge on any atom is 0.263 e. The van der Waals surface area contributed by atoms with Crippen LogP contribution in [-0.4, -0.2) is 33.9 Å². The number of hydrogen-bond acceptors (Lipinski definition) is 6. The quantitative estimate of drug-likeness (QED) is 0.643. The van der Waals surface area contributed by atoms with Gasteiger partial charge < -0.3 is 23.5 Å². The maximum absolute atomic E-state index is 13.5. The van der Waals surface area contributed by atoms with Gasteiger partial charge in [-0.25, -0.2) is 0 Å². The number of likely N-dealkylation sites (tertiary alicyclic amines) is 1. The molecule has 1 saturated heterocycles. The molecular formula is C23H23N3O5. The van der Waals surface area contributed by atoms with Crippen LogP contribution in [0.3, 0.4) is 0 Å². The Hall–Kier alpha value is -3.55. The minimum Gasteiger partial charge on any atom is -0.454 e. The van der Waals surface area contributed by atoms with Crippen molar-refractivity contribution in [3.05, 3.63) is 75.0 Å². The first kappa shape index (κ1) is 19.4. The van der Waals surface area contributed by atoms with Gasteiger partial charge in [0.1, 0.15) is 17.0 Å². The van der Waals surface area contributed by atoms with Crippen molar-refractivity contribution in [2.24, 2.45) is 0 Å². The zero-order valence-electron chi connectivity index (χ0n) is 17.5. The minimum atomic E-state index is -0.301. The fourth-order valence-electron chi connectivity index (χ4n) is 4.29. The van der Waals surface area contributed by atoms with Gasteiger partial charge in [-0.3, -0.25) is 9.59 Å². The van der Waals surface area contributed by atoms with Crippen molar-refractivity contribution in [3.8, 4) is 11.5 Å². The lowest BCUT2D eigenvalue weighted by Gasteiger charge is -2.24. The van der Waals surface area contributed by atoms with E-state index in [1.54, 1.807) is 22.6 Å². The predicted octanol–water partition coefficient (Wildman–Crippen LogP) is 3.21. The van der Waals surface area contributed by atoms with E-state index in [0.717, 1.165) is 24.1 Å². The number of aryl methyl sites for hydroxylation is 2. The Morgan fingerprint density at radius 3 is 2.81 bits per heavy atom. The van der Waals surface area contributed by atoms with E-state index in [4.69, 9.17) is 14.0 Å². The lowest BCUT2D eigenvalue weighted by molar-refractivity contribution is 0.0727. The van der Waals surface area contributed by atoms with Crippen molar-refractivity contribution in [1.29, 1.82) is 0 Å². The predicted molar refractivity (Wildman–Crippen MR) is 111 cm³/mol. The van der Waals surface area contributed by atoms with Crippen molar-refractivity contribution in [1.82, 2.24) is 14.6 Å². The van der Waals surface area contributed by atoms with E-state index in [9.17, 15) is 9.59 Å². The summed E-state index contributed by atoms with van der Waals surface area (Å²) in [7, 11) is 0. The fourth-order valence-corrected chi connectivity index (χ4v) is 4.29. The van der Waals surface area contributed by atoms with E-state index in [0.29, 0.717) is 35.9 Å². The summed E-state index contributed by atoms with van der Waals surface area (Å²) in [6, 6.07) is 9.08. The first-order chi connectivity index (χ1) is 15.0. The van der Waals surface area contributed by atoms with Crippen LogP contribution in [0.5, 0.6) is 11.5 Å². The number of carbonyl (C=O) groups is 1. The molecule has 0 spiro atoms. The molecule has 160 valence electrons. The number of nitrogens with zero attached hydrogens (tertiary/aromatic N) is 3. The molecule has 2 aliphatic heterocycles. The number of benzene rings is 1. The minimum absolute atomic E-state index is 0.175. The standard InChI is InChI=1S/C23H23N3O5/c1-14-7-9-25(12-16-5-6-19-20(11-16)30-13-29-19)22(27)21(14)23(28)26-8-3-4-18(26)17-10-15(2)31-24-17/h5-7,9-11,18H,3-4,8,12-13H2,1-2H3. The first-order valence-electron chi connectivity index (χ1n) is 10.3. The molecular weight excluding hydrogens is 398 g/mol. The number of hydrogen-bond donors (Lipinski definition) is 0. The molecule has 1 amide bonds. The third-order valence-corrected chi connectivity index (χ3v) is 5.88. The number of rotatable bonds is 4. The van der Waals surface area contributed by atoms with E-state index < -0.39 is 0 Å². The van der Waals surface area contributed by atoms with Crippen molar-refractivity contribution in [2.75, 3.05) is 13.3 Å². The van der Waals surface area contributed by atoms with Gasteiger partial charge in [0.05, 0.1) is 12.6 Å². The summed E-state index contributed by atoms with van der Waals surface area (Å²) >= 11 is 0. The molecule has 0 bridgehead atoms. The summed E-state index contributed by atoms with van der Waals surface area (Å²) in [5, 5.41) is 4.10. The first-order valence-corrected chi connectivity index (χ1v) is 10.3. The van der Waals surface area contributed by atoms with Crippen molar-refractivity contribution in [2.45, 2.75) is 39.3 Å². The summed E-state index contributed by atoms with van der Waals surface area (Å²) < 4.78 is 17.5. The van der Waals surface area contributed by atoms with Crippen molar-refractivity contribution < 1.29 is 18.8 Å². The fraction of sp³-hybridized carbons (Fsp3) is 0.348. The van der Waals surface area contributed by atoms with Crippen LogP contribution >= 0.6 is 0 Å². The second-order valence-electron chi connectivity index (χ2n) is 8.01. The van der Waals surface area contributed by atoms with Crippen LogP contribution in [0.1, 0.15) is 51.8 Å². The summed E-state index contributed by atoms with van der Waals surface area (Å²) in [4.78, 5) is 28.5. The molecule has 1 unspecified atom stereocenters. The van der Waals surface area contributed by atoms with Crippen LogP contribution in [0.2, 0.25) is 0 Å². The van der Waals surface area contributed by atoms with Crippen LogP contribution in [0.4, 0.5) is 0 Å². The van der Waals surface area contributed by atoms with Crippen molar-refractivity contribution in [3.63, 3.8) is 0 Å². The van der Waals surface area contributed by atoms with E-state index in [2.05, 4.69) is 5.16 Å². The molecule has 31 heavy (non-hydrogen) atoms. The van der Waals surface area contributed by atoms with Gasteiger partial charge in [-0.1, -0.05) is 11.2 Å². The van der Waals surface area contributed by atoms with E-state index in [1.807, 2.05) is 37.3 Å². The summed E-state index contributed by atoms with van der Waals surface area (Å²) in [5.41, 5.74) is 2.20. The van der Waals surface area contributed by atoms with Crippen LogP contribution in [0, 0.1) is 13.8 Å². The molecule has 8 heteroatoms. The highest BCUT2D eigenvalue weighted by Crippen LogP contribution is 2.34. The highest BCUT2D eigenvalue weighted by atomic mass is 16.7. The van der Waals surface area contributed by atoms with Gasteiger partial charge in [0.25, 0.3) is 11.5 Å². The van der Waals surface area contributed by atoms with Gasteiger partial charge >= 0.3 is 0 Å². The Kier molecular flexibility index (Phi) is 4.77. The largest absolute Gasteiger partial charge is 0.454 e. The average molecular weight is 421 g/mol. The third kappa shape index (κ3) is 3.48. The molecule has 0 N–H and O–H groups in total. The number of fused-ring (bicyclic) bond motifs is 1. The number of amides is 1. The summed E-state index contributed by atoms with van der Waals surface area (Å²) in [5.74, 6) is 1.80. The molecule has 4 heterocycles. The molecule has 2 aromatic heterocycles. The zero-order chi connectivity index (χ0) is 21.5. The topological polar surface area (TPSA) is 86.8 Å². The number of ether oxygens (including phenoxy) is 2. The smallest absolute Gasteiger partial charge is 0.263 e. The monoisotopic (exact) mass is 421 g/mol. The second-order valence-corrected chi connectivity index (χ2v) is 8.01. The lowest BCUT2D eigenvalue weighted by Crippen LogP contribution is -2.37. The van der Waals surface area contributed by atoms with Gasteiger partial charge in [-0.2, -0.15) is 0 Å². The zero-order valence-corrected chi connectivity index (χ0v) is 17.5.